The first-order chi connectivity index (χ1) is 6.86. The first kappa shape index (κ1) is 9.76. The summed E-state index contributed by atoms with van der Waals surface area (Å²) in [7, 11) is 0. The van der Waals surface area contributed by atoms with Crippen LogP contribution in [-0.2, 0) is 25.7 Å². The Morgan fingerprint density at radius 2 is 1.50 bits per heavy atom. The number of fused-ring (bicyclic) bond motifs is 2. The molecule has 76 valence electrons. The van der Waals surface area contributed by atoms with Crippen LogP contribution in [0.15, 0.2) is 6.07 Å². The second-order valence-corrected chi connectivity index (χ2v) is 4.13. The molecule has 0 saturated heterocycles. The minimum atomic E-state index is 1.34. The molecule has 3 rings (SSSR count). The lowest BCUT2D eigenvalue weighted by atomic mass is 9.81. The van der Waals surface area contributed by atoms with Crippen LogP contribution in [0.25, 0.3) is 0 Å². The van der Waals surface area contributed by atoms with Crippen LogP contribution in [0.5, 0.6) is 0 Å². The fraction of sp³-hybridized carbons (Fsp3) is 0.571. The summed E-state index contributed by atoms with van der Waals surface area (Å²) in [6, 6.07) is 2.47. The second-order valence-electron chi connectivity index (χ2n) is 4.13. The van der Waals surface area contributed by atoms with Gasteiger partial charge in [-0.15, -0.1) is 0 Å². The van der Waals surface area contributed by atoms with Crippen LogP contribution in [0.4, 0.5) is 0 Å². The monoisotopic (exact) mass is 188 g/mol. The largest absolute Gasteiger partial charge is 0.0683 e. The third kappa shape index (κ3) is 1.28. The summed E-state index contributed by atoms with van der Waals surface area (Å²) in [6.45, 7) is 6.32. The normalized spacial score (nSPS) is 16.2. The molecule has 0 aromatic heterocycles. The van der Waals surface area contributed by atoms with E-state index in [9.17, 15) is 0 Å². The Morgan fingerprint density at radius 3 is 2.14 bits per heavy atom. The quantitative estimate of drug-likeness (QED) is 0.583. The molecule has 0 heterocycles. The number of rotatable bonds is 0. The molecule has 0 unspecified atom stereocenters. The number of benzene rings is 1. The molecule has 1 aromatic carbocycles. The molecule has 2 aliphatic carbocycles. The van der Waals surface area contributed by atoms with Gasteiger partial charge in [0.1, 0.15) is 0 Å². The van der Waals surface area contributed by atoms with Gasteiger partial charge in [-0.05, 0) is 66.8 Å². The lowest BCUT2D eigenvalue weighted by Gasteiger charge is -2.24. The van der Waals surface area contributed by atoms with Crippen molar-refractivity contribution >= 4 is 0 Å². The topological polar surface area (TPSA) is 0 Å². The average Bonchev–Trinajstić information content (AvgIpc) is 2.62. The number of aryl methyl sites for hydroxylation is 2. The Kier molecular flexibility index (Phi) is 2.62. The van der Waals surface area contributed by atoms with Crippen molar-refractivity contribution in [2.45, 2.75) is 52.9 Å². The Hall–Kier alpha value is -0.780. The van der Waals surface area contributed by atoms with E-state index in [1.807, 2.05) is 13.8 Å². The van der Waals surface area contributed by atoms with Gasteiger partial charge in [0, 0.05) is 0 Å². The maximum Gasteiger partial charge on any atom is -0.0233 e. The van der Waals surface area contributed by atoms with Gasteiger partial charge in [0.05, 0.1) is 0 Å². The fourth-order valence-corrected chi connectivity index (χ4v) is 2.73. The van der Waals surface area contributed by atoms with E-state index in [0.717, 1.165) is 0 Å². The van der Waals surface area contributed by atoms with Crippen LogP contribution in [0.1, 0.15) is 48.1 Å². The molecule has 0 aliphatic heterocycles. The van der Waals surface area contributed by atoms with Crippen LogP contribution in [0.2, 0.25) is 0 Å². The van der Waals surface area contributed by atoms with Crippen LogP contribution in [0.3, 0.4) is 0 Å². The van der Waals surface area contributed by atoms with E-state index in [0.29, 0.717) is 0 Å². The zero-order chi connectivity index (χ0) is 10.1. The summed E-state index contributed by atoms with van der Waals surface area (Å²) in [5.74, 6) is 0. The lowest BCUT2D eigenvalue weighted by Crippen LogP contribution is -2.12. The molecular formula is C14H20. The van der Waals surface area contributed by atoms with Crippen molar-refractivity contribution in [3.05, 3.63) is 33.9 Å². The lowest BCUT2D eigenvalue weighted by molar-refractivity contribution is 0.820. The molecule has 0 amide bonds. The molecule has 2 aliphatic rings. The van der Waals surface area contributed by atoms with Crippen molar-refractivity contribution < 1.29 is 0 Å². The van der Waals surface area contributed by atoms with Gasteiger partial charge >= 0.3 is 0 Å². The summed E-state index contributed by atoms with van der Waals surface area (Å²) >= 11 is 0. The molecule has 0 radical (unpaired) electrons. The van der Waals surface area contributed by atoms with Crippen molar-refractivity contribution in [3.63, 3.8) is 0 Å². The minimum absolute atomic E-state index is 1.34. The van der Waals surface area contributed by atoms with Crippen molar-refractivity contribution in [1.82, 2.24) is 0 Å². The first-order valence-electron chi connectivity index (χ1n) is 5.99. The SMILES string of the molecule is CC.Cc1c2c(cc3c1CC3)CCC2. The fourth-order valence-electron chi connectivity index (χ4n) is 2.73. The molecule has 0 atom stereocenters. The molecule has 0 spiro atoms. The molecule has 0 bridgehead atoms. The van der Waals surface area contributed by atoms with Gasteiger partial charge in [0.2, 0.25) is 0 Å². The highest BCUT2D eigenvalue weighted by Crippen LogP contribution is 2.35. The summed E-state index contributed by atoms with van der Waals surface area (Å²) in [4.78, 5) is 0. The molecule has 1 aromatic rings. The number of hydrogen-bond acceptors (Lipinski definition) is 0. The van der Waals surface area contributed by atoms with E-state index in [2.05, 4.69) is 13.0 Å². The molecule has 14 heavy (non-hydrogen) atoms. The average molecular weight is 188 g/mol. The smallest absolute Gasteiger partial charge is 0.0233 e. The van der Waals surface area contributed by atoms with Crippen molar-refractivity contribution in [2.24, 2.45) is 0 Å². The van der Waals surface area contributed by atoms with Crippen LogP contribution in [-0.4, -0.2) is 0 Å². The summed E-state index contributed by atoms with van der Waals surface area (Å²) < 4.78 is 0. The number of hydrogen-bond donors (Lipinski definition) is 0. The van der Waals surface area contributed by atoms with Crippen molar-refractivity contribution in [2.75, 3.05) is 0 Å². The summed E-state index contributed by atoms with van der Waals surface area (Å²) in [5.41, 5.74) is 8.30. The zero-order valence-electron chi connectivity index (χ0n) is 9.61. The molecule has 0 heteroatoms. The van der Waals surface area contributed by atoms with Crippen molar-refractivity contribution in [3.8, 4) is 0 Å². The molecule has 0 fully saturated rings. The van der Waals surface area contributed by atoms with Crippen LogP contribution >= 0.6 is 0 Å². The predicted molar refractivity (Wildman–Crippen MR) is 62.0 cm³/mol. The van der Waals surface area contributed by atoms with Gasteiger partial charge in [0.25, 0.3) is 0 Å². The van der Waals surface area contributed by atoms with Gasteiger partial charge in [-0.2, -0.15) is 0 Å². The van der Waals surface area contributed by atoms with E-state index in [1.54, 1.807) is 27.8 Å². The molecule has 0 N–H and O–H groups in total. The molecular weight excluding hydrogens is 168 g/mol. The highest BCUT2D eigenvalue weighted by Gasteiger charge is 2.22. The van der Waals surface area contributed by atoms with E-state index >= 15 is 0 Å². The van der Waals surface area contributed by atoms with Crippen LogP contribution in [0, 0.1) is 6.92 Å². The van der Waals surface area contributed by atoms with Crippen molar-refractivity contribution in [1.29, 1.82) is 0 Å². The third-order valence-corrected chi connectivity index (χ3v) is 3.55. The van der Waals surface area contributed by atoms with Gasteiger partial charge < -0.3 is 0 Å². The van der Waals surface area contributed by atoms with Gasteiger partial charge in [-0.1, -0.05) is 19.9 Å². The van der Waals surface area contributed by atoms with Crippen LogP contribution < -0.4 is 0 Å². The summed E-state index contributed by atoms with van der Waals surface area (Å²) in [6.07, 6.45) is 6.74. The Morgan fingerprint density at radius 1 is 0.857 bits per heavy atom. The maximum absolute atomic E-state index is 2.47. The minimum Gasteiger partial charge on any atom is -0.0683 e. The highest BCUT2D eigenvalue weighted by atomic mass is 14.3. The first-order valence-corrected chi connectivity index (χ1v) is 5.99. The van der Waals surface area contributed by atoms with E-state index in [-0.39, 0.29) is 0 Å². The zero-order valence-corrected chi connectivity index (χ0v) is 9.61. The maximum atomic E-state index is 2.47. The Labute approximate surface area is 87.3 Å². The molecule has 0 saturated carbocycles. The van der Waals surface area contributed by atoms with Gasteiger partial charge in [0.15, 0.2) is 0 Å². The van der Waals surface area contributed by atoms with Gasteiger partial charge in [-0.25, -0.2) is 0 Å². The molecule has 0 nitrogen and oxygen atoms in total. The van der Waals surface area contributed by atoms with E-state index in [1.165, 1.54) is 32.1 Å². The predicted octanol–water partition coefficient (Wildman–Crippen LogP) is 3.61. The standard InChI is InChI=1S/C12H14.C2H6/c1-8-11-4-2-3-9(11)7-10-5-6-12(8)10;1-2/h7H,2-6H2,1H3;1-2H3. The second kappa shape index (κ2) is 3.76. The van der Waals surface area contributed by atoms with E-state index < -0.39 is 0 Å². The Bertz CT molecular complexity index is 348. The van der Waals surface area contributed by atoms with Gasteiger partial charge in [-0.3, -0.25) is 0 Å². The van der Waals surface area contributed by atoms with E-state index in [4.69, 9.17) is 0 Å². The Balaban J connectivity index is 0.000000354. The summed E-state index contributed by atoms with van der Waals surface area (Å²) in [5, 5.41) is 0. The third-order valence-electron chi connectivity index (χ3n) is 3.55. The highest BCUT2D eigenvalue weighted by molar-refractivity contribution is 5.51.